The molecular weight excluding hydrogens is 320 g/mol. The Morgan fingerprint density at radius 3 is 1.88 bits per heavy atom. The molecule has 0 aromatic carbocycles. The fourth-order valence-electron chi connectivity index (χ4n) is 3.66. The molecule has 0 saturated heterocycles. The molecule has 0 bridgehead atoms. The highest BCUT2D eigenvalue weighted by Crippen LogP contribution is 2.32. The van der Waals surface area contributed by atoms with Gasteiger partial charge in [0.05, 0.1) is 6.17 Å². The SMILES string of the molecule is CCCCNC(C(CC)C(C)(C)C)N(NCCCC)NC(CC)CCC. The summed E-state index contributed by atoms with van der Waals surface area (Å²) in [6.07, 6.45) is 9.96. The van der Waals surface area contributed by atoms with E-state index in [0.29, 0.717) is 18.1 Å². The summed E-state index contributed by atoms with van der Waals surface area (Å²) >= 11 is 0. The molecule has 0 aliphatic carbocycles. The molecule has 0 aromatic heterocycles. The third kappa shape index (κ3) is 10.2. The maximum atomic E-state index is 3.88. The lowest BCUT2D eigenvalue weighted by atomic mass is 9.77. The number of unbranched alkanes of at least 4 members (excludes halogenated alkanes) is 2. The summed E-state index contributed by atoms with van der Waals surface area (Å²) in [5.41, 5.74) is 7.82. The first kappa shape index (κ1) is 25.8. The minimum Gasteiger partial charge on any atom is -0.299 e. The number of hydrogen-bond acceptors (Lipinski definition) is 4. The van der Waals surface area contributed by atoms with E-state index in [0.717, 1.165) is 19.5 Å². The molecule has 3 N–H and O–H groups in total. The van der Waals surface area contributed by atoms with Gasteiger partial charge < -0.3 is 0 Å². The van der Waals surface area contributed by atoms with E-state index in [1.165, 1.54) is 44.9 Å². The predicted octanol–water partition coefficient (Wildman–Crippen LogP) is 5.46. The van der Waals surface area contributed by atoms with Crippen molar-refractivity contribution in [3.05, 3.63) is 0 Å². The van der Waals surface area contributed by atoms with Gasteiger partial charge in [0.25, 0.3) is 0 Å². The van der Waals surface area contributed by atoms with Crippen molar-refractivity contribution in [1.82, 2.24) is 21.3 Å². The average Bonchev–Trinajstić information content (AvgIpc) is 2.58. The molecular formula is C22H50N4. The molecule has 3 atom stereocenters. The van der Waals surface area contributed by atoms with Crippen LogP contribution in [0.4, 0.5) is 0 Å². The summed E-state index contributed by atoms with van der Waals surface area (Å²) in [6.45, 7) is 20.7. The maximum Gasteiger partial charge on any atom is 0.0924 e. The summed E-state index contributed by atoms with van der Waals surface area (Å²) in [5.74, 6) is 0.570. The normalized spacial score (nSPS) is 16.0. The van der Waals surface area contributed by atoms with Crippen LogP contribution in [0.15, 0.2) is 0 Å². The molecule has 0 aromatic rings. The van der Waals surface area contributed by atoms with Crippen LogP contribution in [0.1, 0.15) is 107 Å². The first-order valence-corrected chi connectivity index (χ1v) is 11.4. The summed E-state index contributed by atoms with van der Waals surface area (Å²) in [7, 11) is 0. The Morgan fingerprint density at radius 1 is 0.808 bits per heavy atom. The van der Waals surface area contributed by atoms with Crippen molar-refractivity contribution in [2.45, 2.75) is 119 Å². The molecule has 0 aliphatic rings. The van der Waals surface area contributed by atoms with Gasteiger partial charge in [0.2, 0.25) is 0 Å². The smallest absolute Gasteiger partial charge is 0.0924 e. The second kappa shape index (κ2) is 14.8. The van der Waals surface area contributed by atoms with Gasteiger partial charge in [-0.1, -0.05) is 74.7 Å². The average molecular weight is 371 g/mol. The molecule has 0 saturated carbocycles. The zero-order valence-corrected chi connectivity index (χ0v) is 19.3. The molecule has 0 radical (unpaired) electrons. The number of hydrazine groups is 2. The Labute approximate surface area is 165 Å². The molecule has 4 heteroatoms. The van der Waals surface area contributed by atoms with Crippen molar-refractivity contribution in [2.24, 2.45) is 11.3 Å². The van der Waals surface area contributed by atoms with E-state index in [-0.39, 0.29) is 5.41 Å². The predicted molar refractivity (Wildman–Crippen MR) is 117 cm³/mol. The molecule has 0 spiro atoms. The van der Waals surface area contributed by atoms with Gasteiger partial charge in [0.15, 0.2) is 0 Å². The van der Waals surface area contributed by atoms with Crippen molar-refractivity contribution in [3.8, 4) is 0 Å². The third-order valence-electron chi connectivity index (χ3n) is 5.36. The Bertz CT molecular complexity index is 314. The lowest BCUT2D eigenvalue weighted by Crippen LogP contribution is -2.65. The number of rotatable bonds is 16. The van der Waals surface area contributed by atoms with Gasteiger partial charge in [-0.15, -0.1) is 0 Å². The van der Waals surface area contributed by atoms with Crippen LogP contribution < -0.4 is 16.2 Å². The number of hydrogen-bond donors (Lipinski definition) is 3. The topological polar surface area (TPSA) is 39.3 Å². The summed E-state index contributed by atoms with van der Waals surface area (Å²) in [4.78, 5) is 0. The molecule has 0 heterocycles. The quantitative estimate of drug-likeness (QED) is 0.191. The van der Waals surface area contributed by atoms with Crippen LogP contribution in [0.2, 0.25) is 0 Å². The highest BCUT2D eigenvalue weighted by molar-refractivity contribution is 4.83. The Balaban J connectivity index is 5.41. The zero-order chi connectivity index (χ0) is 20.0. The summed E-state index contributed by atoms with van der Waals surface area (Å²) in [5, 5.41) is 6.22. The fourth-order valence-corrected chi connectivity index (χ4v) is 3.66. The van der Waals surface area contributed by atoms with E-state index in [2.05, 4.69) is 76.7 Å². The summed E-state index contributed by atoms with van der Waals surface area (Å²) in [6, 6.07) is 0.530. The van der Waals surface area contributed by atoms with E-state index in [1.807, 2.05) is 0 Å². The fraction of sp³-hybridized carbons (Fsp3) is 1.00. The number of nitrogens with one attached hydrogen (secondary N) is 3. The van der Waals surface area contributed by atoms with E-state index in [4.69, 9.17) is 0 Å². The highest BCUT2D eigenvalue weighted by Gasteiger charge is 2.35. The Kier molecular flexibility index (Phi) is 14.8. The van der Waals surface area contributed by atoms with Crippen molar-refractivity contribution in [2.75, 3.05) is 13.1 Å². The van der Waals surface area contributed by atoms with Crippen molar-refractivity contribution in [1.29, 1.82) is 0 Å². The first-order chi connectivity index (χ1) is 12.3. The number of nitrogens with zero attached hydrogens (tertiary/aromatic N) is 1. The molecule has 0 aliphatic heterocycles. The van der Waals surface area contributed by atoms with Gasteiger partial charge in [-0.25, -0.2) is 10.9 Å². The molecule has 3 unspecified atom stereocenters. The molecule has 26 heavy (non-hydrogen) atoms. The molecule has 158 valence electrons. The van der Waals surface area contributed by atoms with E-state index in [9.17, 15) is 0 Å². The van der Waals surface area contributed by atoms with Crippen LogP contribution >= 0.6 is 0 Å². The zero-order valence-electron chi connectivity index (χ0n) is 19.3. The molecule has 0 amide bonds. The van der Waals surface area contributed by atoms with Crippen LogP contribution in [-0.4, -0.2) is 30.4 Å². The standard InChI is InChI=1S/C22H50N4/c1-9-14-17-23-21(20(13-5)22(6,7)8)26(24-18-15-10-2)25-19(12-4)16-11-3/h19-21,23-25H,9-18H2,1-8H3. The van der Waals surface area contributed by atoms with Crippen LogP contribution in [0.25, 0.3) is 0 Å². The van der Waals surface area contributed by atoms with Crippen LogP contribution in [0.3, 0.4) is 0 Å². The molecule has 4 nitrogen and oxygen atoms in total. The van der Waals surface area contributed by atoms with Gasteiger partial charge in [0, 0.05) is 12.6 Å². The monoisotopic (exact) mass is 370 g/mol. The lowest BCUT2D eigenvalue weighted by Gasteiger charge is -2.44. The van der Waals surface area contributed by atoms with Gasteiger partial charge in [0.1, 0.15) is 0 Å². The van der Waals surface area contributed by atoms with E-state index in [1.54, 1.807) is 0 Å². The highest BCUT2D eigenvalue weighted by atomic mass is 15.8. The van der Waals surface area contributed by atoms with Gasteiger partial charge in [-0.05, 0) is 50.0 Å². The van der Waals surface area contributed by atoms with Gasteiger partial charge in [-0.3, -0.25) is 5.32 Å². The Morgan fingerprint density at radius 2 is 1.42 bits per heavy atom. The molecule has 0 fully saturated rings. The van der Waals surface area contributed by atoms with Crippen LogP contribution in [0, 0.1) is 11.3 Å². The second-order valence-electron chi connectivity index (χ2n) is 8.79. The van der Waals surface area contributed by atoms with Crippen LogP contribution in [0.5, 0.6) is 0 Å². The lowest BCUT2D eigenvalue weighted by molar-refractivity contribution is -0.0381. The van der Waals surface area contributed by atoms with Crippen molar-refractivity contribution in [3.63, 3.8) is 0 Å². The minimum atomic E-state index is 0.261. The van der Waals surface area contributed by atoms with Crippen LogP contribution in [-0.2, 0) is 0 Å². The minimum absolute atomic E-state index is 0.261. The van der Waals surface area contributed by atoms with E-state index >= 15 is 0 Å². The first-order valence-electron chi connectivity index (χ1n) is 11.4. The van der Waals surface area contributed by atoms with Crippen molar-refractivity contribution < 1.29 is 0 Å². The van der Waals surface area contributed by atoms with E-state index < -0.39 is 0 Å². The summed E-state index contributed by atoms with van der Waals surface area (Å²) < 4.78 is 0. The maximum absolute atomic E-state index is 3.88. The third-order valence-corrected chi connectivity index (χ3v) is 5.36. The van der Waals surface area contributed by atoms with Gasteiger partial charge >= 0.3 is 0 Å². The second-order valence-corrected chi connectivity index (χ2v) is 8.79. The largest absolute Gasteiger partial charge is 0.299 e. The molecule has 0 rings (SSSR count). The Hall–Kier alpha value is -0.160. The van der Waals surface area contributed by atoms with Crippen molar-refractivity contribution >= 4 is 0 Å². The van der Waals surface area contributed by atoms with Gasteiger partial charge in [-0.2, -0.15) is 5.12 Å².